The van der Waals surface area contributed by atoms with Crippen molar-refractivity contribution in [1.82, 2.24) is 5.32 Å². The van der Waals surface area contributed by atoms with Crippen molar-refractivity contribution >= 4 is 5.91 Å². The number of benzene rings is 1. The Morgan fingerprint density at radius 2 is 1.96 bits per heavy atom. The molecule has 122 valence electrons. The highest BCUT2D eigenvalue weighted by Gasteiger charge is 2.80. The third-order valence-electron chi connectivity index (χ3n) is 4.37. The van der Waals surface area contributed by atoms with Gasteiger partial charge in [0.1, 0.15) is 11.4 Å². The zero-order valence-electron chi connectivity index (χ0n) is 12.5. The quantitative estimate of drug-likeness (QED) is 0.804. The molecule has 8 heteroatoms. The van der Waals surface area contributed by atoms with E-state index in [1.165, 1.54) is 19.9 Å². The first-order chi connectivity index (χ1) is 10.5. The molecule has 2 aliphatic heterocycles. The molecule has 0 bridgehead atoms. The van der Waals surface area contributed by atoms with Crippen molar-refractivity contribution in [3.05, 3.63) is 29.3 Å². The highest BCUT2D eigenvalue weighted by atomic mass is 19.4. The second kappa shape index (κ2) is 4.17. The number of ether oxygens (including phenoxy) is 2. The molecule has 1 fully saturated rings. The van der Waals surface area contributed by atoms with Crippen LogP contribution in [0.3, 0.4) is 0 Å². The van der Waals surface area contributed by atoms with E-state index in [9.17, 15) is 18.0 Å². The lowest BCUT2D eigenvalue weighted by atomic mass is 9.80. The number of carbonyl (C=O) groups excluding carboxylic acids is 1. The summed E-state index contributed by atoms with van der Waals surface area (Å²) in [6.45, 7) is 4.64. The van der Waals surface area contributed by atoms with Crippen molar-refractivity contribution in [2.45, 2.75) is 43.9 Å². The molecule has 0 radical (unpaired) electrons. The lowest BCUT2D eigenvalue weighted by Crippen LogP contribution is -2.62. The van der Waals surface area contributed by atoms with E-state index >= 15 is 0 Å². The molecule has 2 aliphatic rings. The second-order valence-electron chi connectivity index (χ2n) is 6.20. The van der Waals surface area contributed by atoms with E-state index in [1.54, 1.807) is 19.1 Å². The van der Waals surface area contributed by atoms with Gasteiger partial charge in [-0.2, -0.15) is 18.4 Å². The van der Waals surface area contributed by atoms with Crippen molar-refractivity contribution in [1.29, 1.82) is 5.26 Å². The van der Waals surface area contributed by atoms with Crippen LogP contribution in [0.2, 0.25) is 0 Å². The van der Waals surface area contributed by atoms with Crippen molar-refractivity contribution in [2.24, 2.45) is 0 Å². The first kappa shape index (κ1) is 15.6. The Morgan fingerprint density at radius 1 is 1.30 bits per heavy atom. The predicted octanol–water partition coefficient (Wildman–Crippen LogP) is 2.35. The van der Waals surface area contributed by atoms with Crippen molar-refractivity contribution in [3.63, 3.8) is 0 Å². The summed E-state index contributed by atoms with van der Waals surface area (Å²) in [5.41, 5.74) is -3.35. The number of epoxide rings is 1. The molecule has 1 saturated heterocycles. The van der Waals surface area contributed by atoms with Crippen LogP contribution in [-0.2, 0) is 15.1 Å². The van der Waals surface area contributed by atoms with Gasteiger partial charge in [-0.3, -0.25) is 4.79 Å². The zero-order chi connectivity index (χ0) is 17.3. The largest absolute Gasteiger partial charge is 0.482 e. The number of nitrogens with one attached hydrogen (secondary N) is 1. The fourth-order valence-corrected chi connectivity index (χ4v) is 3.16. The van der Waals surface area contributed by atoms with Gasteiger partial charge >= 0.3 is 12.1 Å². The molecule has 0 aromatic heterocycles. The smallest absolute Gasteiger partial charge is 0.471 e. The van der Waals surface area contributed by atoms with Crippen LogP contribution in [0.4, 0.5) is 13.2 Å². The molecular weight excluding hydrogens is 313 g/mol. The maximum Gasteiger partial charge on any atom is 0.471 e. The van der Waals surface area contributed by atoms with Gasteiger partial charge < -0.3 is 14.8 Å². The molecule has 1 amide bonds. The van der Waals surface area contributed by atoms with Crippen LogP contribution < -0.4 is 10.1 Å². The molecule has 1 aromatic carbocycles. The monoisotopic (exact) mass is 326 g/mol. The van der Waals surface area contributed by atoms with Crippen LogP contribution in [0.5, 0.6) is 5.75 Å². The molecule has 0 spiro atoms. The molecule has 2 unspecified atom stereocenters. The molecule has 3 rings (SSSR count). The predicted molar refractivity (Wildman–Crippen MR) is 71.2 cm³/mol. The first-order valence-electron chi connectivity index (χ1n) is 6.80. The molecule has 0 aliphatic carbocycles. The number of carbonyl (C=O) groups is 1. The molecule has 2 heterocycles. The minimum absolute atomic E-state index is 0.319. The third kappa shape index (κ3) is 1.93. The Kier molecular flexibility index (Phi) is 2.83. The minimum Gasteiger partial charge on any atom is -0.482 e. The number of hydrogen-bond donors (Lipinski definition) is 1. The Labute approximate surface area is 130 Å². The SMILES string of the molecule is CC1(C)Oc2ccc(C#N)cc2C2(C)OC12NC(=O)C(F)(F)F. The maximum absolute atomic E-state index is 12.6. The maximum atomic E-state index is 12.6. The summed E-state index contributed by atoms with van der Waals surface area (Å²) in [6.07, 6.45) is -5.04. The third-order valence-corrected chi connectivity index (χ3v) is 4.37. The number of fused-ring (bicyclic) bond motifs is 3. The average Bonchev–Trinajstić information content (AvgIpc) is 3.06. The van der Waals surface area contributed by atoms with E-state index in [2.05, 4.69) is 0 Å². The van der Waals surface area contributed by atoms with Gasteiger partial charge in [-0.15, -0.1) is 0 Å². The fourth-order valence-electron chi connectivity index (χ4n) is 3.16. The Morgan fingerprint density at radius 3 is 2.52 bits per heavy atom. The fraction of sp³-hybridized carbons (Fsp3) is 0.467. The number of amides is 1. The number of hydrogen-bond acceptors (Lipinski definition) is 4. The van der Waals surface area contributed by atoms with E-state index < -0.39 is 29.0 Å². The average molecular weight is 326 g/mol. The number of halogens is 3. The molecule has 2 atom stereocenters. The summed E-state index contributed by atoms with van der Waals surface area (Å²) >= 11 is 0. The van der Waals surface area contributed by atoms with E-state index in [0.717, 1.165) is 0 Å². The summed E-state index contributed by atoms with van der Waals surface area (Å²) < 4.78 is 49.2. The van der Waals surface area contributed by atoms with Gasteiger partial charge in [0.05, 0.1) is 11.6 Å². The minimum atomic E-state index is -5.04. The zero-order valence-corrected chi connectivity index (χ0v) is 12.5. The highest BCUT2D eigenvalue weighted by molar-refractivity contribution is 5.83. The van der Waals surface area contributed by atoms with Gasteiger partial charge in [0.15, 0.2) is 5.60 Å². The van der Waals surface area contributed by atoms with E-state index in [4.69, 9.17) is 14.7 Å². The molecule has 23 heavy (non-hydrogen) atoms. The summed E-state index contributed by atoms with van der Waals surface area (Å²) in [7, 11) is 0. The summed E-state index contributed by atoms with van der Waals surface area (Å²) in [6, 6.07) is 6.56. The number of alkyl halides is 3. The normalized spacial score (nSPS) is 30.3. The topological polar surface area (TPSA) is 74.7 Å². The number of nitrogens with zero attached hydrogens (tertiary/aromatic N) is 1. The van der Waals surface area contributed by atoms with E-state index in [-0.39, 0.29) is 0 Å². The van der Waals surface area contributed by atoms with Crippen molar-refractivity contribution in [3.8, 4) is 11.8 Å². The van der Waals surface area contributed by atoms with Gasteiger partial charge in [-0.05, 0) is 39.0 Å². The standard InChI is InChI=1S/C15H13F3N2O3/c1-12(2)15(20-11(21)14(16,17)18)13(3,23-15)9-6-8(7-19)4-5-10(9)22-12/h4-6H,1-3H3,(H,20,21). The van der Waals surface area contributed by atoms with Crippen LogP contribution in [0.15, 0.2) is 18.2 Å². The summed E-state index contributed by atoms with van der Waals surface area (Å²) in [5.74, 6) is -1.69. The van der Waals surface area contributed by atoms with Gasteiger partial charge in [0.2, 0.25) is 5.72 Å². The van der Waals surface area contributed by atoms with Gasteiger partial charge in [0, 0.05) is 5.56 Å². The van der Waals surface area contributed by atoms with Crippen LogP contribution in [-0.4, -0.2) is 23.4 Å². The van der Waals surface area contributed by atoms with Crippen LogP contribution in [0.1, 0.15) is 31.9 Å². The first-order valence-corrected chi connectivity index (χ1v) is 6.80. The Bertz CT molecular complexity index is 753. The molecule has 1 N–H and O–H groups in total. The van der Waals surface area contributed by atoms with Gasteiger partial charge in [0.25, 0.3) is 0 Å². The van der Waals surface area contributed by atoms with E-state index in [0.29, 0.717) is 16.9 Å². The molecular formula is C15H13F3N2O3. The number of rotatable bonds is 1. The Balaban J connectivity index is 2.07. The van der Waals surface area contributed by atoms with Crippen LogP contribution in [0.25, 0.3) is 0 Å². The molecule has 5 nitrogen and oxygen atoms in total. The molecule has 0 saturated carbocycles. The lowest BCUT2D eigenvalue weighted by Gasteiger charge is -2.39. The van der Waals surface area contributed by atoms with Crippen molar-refractivity contribution < 1.29 is 27.4 Å². The number of nitriles is 1. The Hall–Kier alpha value is -2.27. The van der Waals surface area contributed by atoms with Crippen molar-refractivity contribution in [2.75, 3.05) is 0 Å². The van der Waals surface area contributed by atoms with Gasteiger partial charge in [-0.25, -0.2) is 0 Å². The summed E-state index contributed by atoms with van der Waals surface area (Å²) in [4.78, 5) is 11.4. The van der Waals surface area contributed by atoms with Crippen LogP contribution in [0, 0.1) is 11.3 Å². The molecule has 1 aromatic rings. The van der Waals surface area contributed by atoms with Gasteiger partial charge in [-0.1, -0.05) is 0 Å². The summed E-state index contributed by atoms with van der Waals surface area (Å²) in [5, 5.41) is 10.9. The second-order valence-corrected chi connectivity index (χ2v) is 6.20. The highest BCUT2D eigenvalue weighted by Crippen LogP contribution is 2.65. The van der Waals surface area contributed by atoms with E-state index in [1.807, 2.05) is 11.4 Å². The van der Waals surface area contributed by atoms with Crippen LogP contribution >= 0.6 is 0 Å². The lowest BCUT2D eigenvalue weighted by molar-refractivity contribution is -0.178.